The molecule has 0 radical (unpaired) electrons. The summed E-state index contributed by atoms with van der Waals surface area (Å²) in [6.45, 7) is 2.00. The van der Waals surface area contributed by atoms with E-state index in [-0.39, 0.29) is 6.61 Å². The fourth-order valence-corrected chi connectivity index (χ4v) is 1.59. The minimum absolute atomic E-state index is 0.283. The topological polar surface area (TPSA) is 50.1 Å². The summed E-state index contributed by atoms with van der Waals surface area (Å²) in [6, 6.07) is 9.02. The van der Waals surface area contributed by atoms with Crippen molar-refractivity contribution >= 4 is 21.9 Å². The normalized spacial score (nSPS) is 11.5. The fraction of sp³-hybridized carbons (Fsp3) is 0.273. The zero-order chi connectivity index (χ0) is 11.3. The predicted octanol–water partition coefficient (Wildman–Crippen LogP) is 2.62. The molecular weight excluding hydrogens is 258 g/mol. The second-order valence-corrected chi connectivity index (χ2v) is 3.78. The van der Waals surface area contributed by atoms with Crippen molar-refractivity contribution in [3.63, 3.8) is 0 Å². The molecule has 78 valence electrons. The van der Waals surface area contributed by atoms with Gasteiger partial charge in [-0.1, -0.05) is 28.1 Å². The van der Waals surface area contributed by atoms with Crippen LogP contribution < -0.4 is 0 Å². The number of halogens is 1. The summed E-state index contributed by atoms with van der Waals surface area (Å²) in [5.74, 6) is -1.35. The summed E-state index contributed by atoms with van der Waals surface area (Å²) < 4.78 is 5.65. The third kappa shape index (κ3) is 3.07. The summed E-state index contributed by atoms with van der Waals surface area (Å²) in [4.78, 5) is 11.4. The van der Waals surface area contributed by atoms with Gasteiger partial charge in [-0.3, -0.25) is 4.79 Å². The molecule has 0 aliphatic carbocycles. The number of carbonyl (C=O) groups excluding carboxylic acids is 1. The van der Waals surface area contributed by atoms with Crippen molar-refractivity contribution in [1.82, 2.24) is 0 Å². The van der Waals surface area contributed by atoms with Gasteiger partial charge in [0.1, 0.15) is 0 Å². The van der Waals surface area contributed by atoms with Gasteiger partial charge in [-0.2, -0.15) is 5.26 Å². The van der Waals surface area contributed by atoms with Crippen molar-refractivity contribution in [1.29, 1.82) is 5.26 Å². The van der Waals surface area contributed by atoms with Crippen LogP contribution in [0.5, 0.6) is 0 Å². The van der Waals surface area contributed by atoms with Gasteiger partial charge in [-0.15, -0.1) is 0 Å². The van der Waals surface area contributed by atoms with Crippen molar-refractivity contribution < 1.29 is 9.53 Å². The molecule has 1 rings (SSSR count). The molecule has 1 atom stereocenters. The molecule has 0 N–H and O–H groups in total. The minimum Gasteiger partial charge on any atom is -0.465 e. The van der Waals surface area contributed by atoms with E-state index in [0.29, 0.717) is 5.56 Å². The van der Waals surface area contributed by atoms with Crippen molar-refractivity contribution in [2.24, 2.45) is 0 Å². The molecule has 4 heteroatoms. The first-order valence-electron chi connectivity index (χ1n) is 4.50. The number of hydrogen-bond donors (Lipinski definition) is 0. The SMILES string of the molecule is CCOC(=O)[C@H](C#N)c1cccc(Br)c1. The zero-order valence-corrected chi connectivity index (χ0v) is 9.82. The van der Waals surface area contributed by atoms with E-state index in [4.69, 9.17) is 10.00 Å². The van der Waals surface area contributed by atoms with Crippen LogP contribution in [0, 0.1) is 11.3 Å². The van der Waals surface area contributed by atoms with Crippen LogP contribution in [0.3, 0.4) is 0 Å². The molecule has 0 amide bonds. The van der Waals surface area contributed by atoms with Crippen molar-refractivity contribution in [3.8, 4) is 6.07 Å². The second kappa shape index (κ2) is 5.52. The lowest BCUT2D eigenvalue weighted by molar-refractivity contribution is -0.143. The van der Waals surface area contributed by atoms with Gasteiger partial charge in [0.15, 0.2) is 5.92 Å². The fourth-order valence-electron chi connectivity index (χ4n) is 1.18. The molecule has 0 spiro atoms. The van der Waals surface area contributed by atoms with E-state index >= 15 is 0 Å². The summed E-state index contributed by atoms with van der Waals surface area (Å²) in [5, 5.41) is 8.90. The van der Waals surface area contributed by atoms with Crippen LogP contribution in [-0.4, -0.2) is 12.6 Å². The molecule has 0 saturated carbocycles. The quantitative estimate of drug-likeness (QED) is 0.792. The van der Waals surface area contributed by atoms with Gasteiger partial charge in [0, 0.05) is 4.47 Å². The Balaban J connectivity index is 2.93. The first-order valence-corrected chi connectivity index (χ1v) is 5.30. The maximum atomic E-state index is 11.4. The van der Waals surface area contributed by atoms with Gasteiger partial charge >= 0.3 is 5.97 Å². The molecule has 1 aromatic carbocycles. The number of nitriles is 1. The van der Waals surface area contributed by atoms with Gasteiger partial charge < -0.3 is 4.74 Å². The van der Waals surface area contributed by atoms with Crippen LogP contribution in [0.1, 0.15) is 18.4 Å². The zero-order valence-electron chi connectivity index (χ0n) is 8.24. The standard InChI is InChI=1S/C11H10BrNO2/c1-2-15-11(14)10(7-13)8-4-3-5-9(12)6-8/h3-6,10H,2H2,1H3/t10-/m1/s1. The molecule has 1 aromatic rings. The molecule has 0 saturated heterocycles. The summed E-state index contributed by atoms with van der Waals surface area (Å²) >= 11 is 3.29. The Labute approximate surface area is 96.8 Å². The molecule has 15 heavy (non-hydrogen) atoms. The molecule has 0 unspecified atom stereocenters. The molecular formula is C11H10BrNO2. The van der Waals surface area contributed by atoms with E-state index < -0.39 is 11.9 Å². The number of ether oxygens (including phenoxy) is 1. The van der Waals surface area contributed by atoms with E-state index in [1.54, 1.807) is 25.1 Å². The van der Waals surface area contributed by atoms with Gasteiger partial charge in [-0.05, 0) is 24.6 Å². The Kier molecular flexibility index (Phi) is 4.32. The highest BCUT2D eigenvalue weighted by Crippen LogP contribution is 2.20. The van der Waals surface area contributed by atoms with Crippen molar-refractivity contribution in [2.75, 3.05) is 6.61 Å². The van der Waals surface area contributed by atoms with Crippen LogP contribution in [-0.2, 0) is 9.53 Å². The number of nitrogens with zero attached hydrogens (tertiary/aromatic N) is 1. The second-order valence-electron chi connectivity index (χ2n) is 2.87. The maximum Gasteiger partial charge on any atom is 0.327 e. The van der Waals surface area contributed by atoms with Gasteiger partial charge in [0.05, 0.1) is 12.7 Å². The maximum absolute atomic E-state index is 11.4. The van der Waals surface area contributed by atoms with Crippen LogP contribution in [0.25, 0.3) is 0 Å². The number of carbonyl (C=O) groups is 1. The molecule has 0 bridgehead atoms. The largest absolute Gasteiger partial charge is 0.465 e. The lowest BCUT2D eigenvalue weighted by Gasteiger charge is -2.08. The Morgan fingerprint density at radius 3 is 2.93 bits per heavy atom. The third-order valence-electron chi connectivity index (χ3n) is 1.83. The first kappa shape index (κ1) is 11.7. The highest BCUT2D eigenvalue weighted by Gasteiger charge is 2.21. The van der Waals surface area contributed by atoms with E-state index in [1.807, 2.05) is 12.1 Å². The molecule has 0 aromatic heterocycles. The molecule has 0 heterocycles. The predicted molar refractivity (Wildman–Crippen MR) is 59.1 cm³/mol. The summed E-state index contributed by atoms with van der Waals surface area (Å²) in [5.41, 5.74) is 0.644. The minimum atomic E-state index is -0.845. The van der Waals surface area contributed by atoms with E-state index in [9.17, 15) is 4.79 Å². The molecule has 0 aliphatic heterocycles. The van der Waals surface area contributed by atoms with E-state index in [0.717, 1.165) is 4.47 Å². The molecule has 3 nitrogen and oxygen atoms in total. The monoisotopic (exact) mass is 267 g/mol. The highest BCUT2D eigenvalue weighted by molar-refractivity contribution is 9.10. The lowest BCUT2D eigenvalue weighted by Crippen LogP contribution is -2.14. The number of hydrogen-bond acceptors (Lipinski definition) is 3. The van der Waals surface area contributed by atoms with Crippen LogP contribution >= 0.6 is 15.9 Å². The van der Waals surface area contributed by atoms with Crippen LogP contribution in [0.15, 0.2) is 28.7 Å². The average Bonchev–Trinajstić information content (AvgIpc) is 2.19. The van der Waals surface area contributed by atoms with E-state index in [1.165, 1.54) is 0 Å². The molecule has 0 aliphatic rings. The van der Waals surface area contributed by atoms with Crippen LogP contribution in [0.4, 0.5) is 0 Å². The van der Waals surface area contributed by atoms with Gasteiger partial charge in [0.25, 0.3) is 0 Å². The Hall–Kier alpha value is -1.34. The van der Waals surface area contributed by atoms with Crippen molar-refractivity contribution in [3.05, 3.63) is 34.3 Å². The Morgan fingerprint density at radius 1 is 1.67 bits per heavy atom. The highest BCUT2D eigenvalue weighted by atomic mass is 79.9. The number of benzene rings is 1. The summed E-state index contributed by atoms with van der Waals surface area (Å²) in [7, 11) is 0. The smallest absolute Gasteiger partial charge is 0.327 e. The van der Waals surface area contributed by atoms with Crippen molar-refractivity contribution in [2.45, 2.75) is 12.8 Å². The average molecular weight is 268 g/mol. The summed E-state index contributed by atoms with van der Waals surface area (Å²) in [6.07, 6.45) is 0. The Bertz CT molecular complexity index is 398. The Morgan fingerprint density at radius 2 is 2.40 bits per heavy atom. The first-order chi connectivity index (χ1) is 7.19. The van der Waals surface area contributed by atoms with E-state index in [2.05, 4.69) is 15.9 Å². The van der Waals surface area contributed by atoms with Gasteiger partial charge in [-0.25, -0.2) is 0 Å². The third-order valence-corrected chi connectivity index (χ3v) is 2.33. The lowest BCUT2D eigenvalue weighted by atomic mass is 10.0. The van der Waals surface area contributed by atoms with Gasteiger partial charge in [0.2, 0.25) is 0 Å². The number of rotatable bonds is 3. The molecule has 0 fully saturated rings. The number of esters is 1. The van der Waals surface area contributed by atoms with Crippen LogP contribution in [0.2, 0.25) is 0 Å².